The van der Waals surface area contributed by atoms with Gasteiger partial charge in [-0.3, -0.25) is 10.1 Å². The van der Waals surface area contributed by atoms with Crippen LogP contribution in [0.5, 0.6) is 5.75 Å². The van der Waals surface area contributed by atoms with Gasteiger partial charge in [-0.05, 0) is 59.7 Å². The van der Waals surface area contributed by atoms with Crippen LogP contribution in [0.1, 0.15) is 30.6 Å². The zero-order valence-corrected chi connectivity index (χ0v) is 13.4. The molecule has 1 aromatic carbocycles. The molecule has 1 aromatic rings. The van der Waals surface area contributed by atoms with E-state index in [1.807, 2.05) is 13.8 Å². The van der Waals surface area contributed by atoms with E-state index in [2.05, 4.69) is 26.6 Å². The largest absolute Gasteiger partial charge is 0.492 e. The Bertz CT molecular complexity index is 466. The first-order valence-electron chi connectivity index (χ1n) is 6.10. The molecular weight excluding hydrogens is 328 g/mol. The van der Waals surface area contributed by atoms with Gasteiger partial charge in [-0.2, -0.15) is 0 Å². The third-order valence-electron chi connectivity index (χ3n) is 2.22. The number of amides is 1. The maximum absolute atomic E-state index is 11.9. The van der Waals surface area contributed by atoms with E-state index in [-0.39, 0.29) is 5.91 Å². The minimum atomic E-state index is -0.242. The molecular formula is C13H17BrN2O2S. The lowest BCUT2D eigenvalue weighted by molar-refractivity contribution is 0.0976. The van der Waals surface area contributed by atoms with E-state index in [1.165, 1.54) is 0 Å². The van der Waals surface area contributed by atoms with Gasteiger partial charge in [0.15, 0.2) is 5.11 Å². The highest BCUT2D eigenvalue weighted by Crippen LogP contribution is 2.26. The molecule has 1 amide bonds. The Morgan fingerprint density at radius 2 is 2.16 bits per heavy atom. The molecule has 1 rings (SSSR count). The van der Waals surface area contributed by atoms with E-state index in [0.29, 0.717) is 23.8 Å². The van der Waals surface area contributed by atoms with Crippen LogP contribution in [0.4, 0.5) is 0 Å². The first-order chi connectivity index (χ1) is 9.08. The molecule has 0 aliphatic carbocycles. The quantitative estimate of drug-likeness (QED) is 0.806. The van der Waals surface area contributed by atoms with Crippen molar-refractivity contribution in [2.75, 3.05) is 13.2 Å². The molecule has 6 heteroatoms. The lowest BCUT2D eigenvalue weighted by Crippen LogP contribution is -2.39. The van der Waals surface area contributed by atoms with E-state index < -0.39 is 0 Å². The van der Waals surface area contributed by atoms with Gasteiger partial charge in [0, 0.05) is 12.1 Å². The average Bonchev–Trinajstić information content (AvgIpc) is 2.37. The number of rotatable bonds is 5. The predicted octanol–water partition coefficient (Wildman–Crippen LogP) is 2.86. The predicted molar refractivity (Wildman–Crippen MR) is 83.7 cm³/mol. The third kappa shape index (κ3) is 5.16. The van der Waals surface area contributed by atoms with Crippen molar-refractivity contribution in [3.63, 3.8) is 0 Å². The lowest BCUT2D eigenvalue weighted by atomic mass is 10.2. The van der Waals surface area contributed by atoms with Crippen LogP contribution in [0.3, 0.4) is 0 Å². The molecule has 0 heterocycles. The molecule has 0 fully saturated rings. The van der Waals surface area contributed by atoms with Crippen molar-refractivity contribution in [1.82, 2.24) is 10.6 Å². The summed E-state index contributed by atoms with van der Waals surface area (Å²) in [5.74, 6) is 0.487. The van der Waals surface area contributed by atoms with Gasteiger partial charge in [0.1, 0.15) is 5.75 Å². The Kier molecular flexibility index (Phi) is 6.80. The molecule has 2 N–H and O–H groups in total. The van der Waals surface area contributed by atoms with Crippen LogP contribution in [-0.4, -0.2) is 24.2 Å². The van der Waals surface area contributed by atoms with Gasteiger partial charge in [-0.15, -0.1) is 0 Å². The van der Waals surface area contributed by atoms with Crippen molar-refractivity contribution in [1.29, 1.82) is 0 Å². The highest BCUT2D eigenvalue weighted by molar-refractivity contribution is 9.10. The summed E-state index contributed by atoms with van der Waals surface area (Å²) in [7, 11) is 0. The number of hydrogen-bond acceptors (Lipinski definition) is 3. The number of halogens is 1. The summed E-state index contributed by atoms with van der Waals surface area (Å²) in [6.45, 7) is 5.27. The molecule has 19 heavy (non-hydrogen) atoms. The molecule has 0 aromatic heterocycles. The van der Waals surface area contributed by atoms with E-state index >= 15 is 0 Å². The molecule has 0 unspecified atom stereocenters. The summed E-state index contributed by atoms with van der Waals surface area (Å²) >= 11 is 8.35. The maximum atomic E-state index is 11.9. The highest BCUT2D eigenvalue weighted by Gasteiger charge is 2.10. The summed E-state index contributed by atoms with van der Waals surface area (Å²) in [4.78, 5) is 11.9. The molecule has 0 bridgehead atoms. The Labute approximate surface area is 127 Å². The number of carbonyl (C=O) groups excluding carboxylic acids is 1. The Balaban J connectivity index is 2.71. The molecule has 0 saturated carbocycles. The monoisotopic (exact) mass is 344 g/mol. The fourth-order valence-electron chi connectivity index (χ4n) is 1.35. The van der Waals surface area contributed by atoms with Crippen molar-refractivity contribution in [2.45, 2.75) is 20.3 Å². The van der Waals surface area contributed by atoms with Crippen LogP contribution < -0.4 is 15.4 Å². The van der Waals surface area contributed by atoms with E-state index in [1.54, 1.807) is 18.2 Å². The third-order valence-corrected chi connectivity index (χ3v) is 3.09. The Morgan fingerprint density at radius 1 is 1.42 bits per heavy atom. The number of benzene rings is 1. The van der Waals surface area contributed by atoms with Crippen LogP contribution in [0.15, 0.2) is 22.7 Å². The minimum Gasteiger partial charge on any atom is -0.492 e. The van der Waals surface area contributed by atoms with Crippen molar-refractivity contribution < 1.29 is 9.53 Å². The molecule has 0 saturated heterocycles. The Morgan fingerprint density at radius 3 is 2.74 bits per heavy atom. The highest BCUT2D eigenvalue weighted by atomic mass is 79.9. The standard InChI is InChI=1S/C13H17BrN2O2S/c1-3-7-18-11-6-5-9(8-10(11)14)12(17)16-13(19)15-4-2/h5-6,8H,3-4,7H2,1-2H3,(H2,15,16,17,19). The van der Waals surface area contributed by atoms with Gasteiger partial charge < -0.3 is 10.1 Å². The molecule has 104 valence electrons. The van der Waals surface area contributed by atoms with Gasteiger partial charge in [-0.1, -0.05) is 6.92 Å². The normalized spacial score (nSPS) is 9.84. The molecule has 0 radical (unpaired) electrons. The van der Waals surface area contributed by atoms with Crippen LogP contribution in [0.2, 0.25) is 0 Å². The smallest absolute Gasteiger partial charge is 0.257 e. The fraction of sp³-hybridized carbons (Fsp3) is 0.385. The van der Waals surface area contributed by atoms with Gasteiger partial charge in [0.25, 0.3) is 5.91 Å². The number of nitrogens with one attached hydrogen (secondary N) is 2. The van der Waals surface area contributed by atoms with Crippen LogP contribution in [0.25, 0.3) is 0 Å². The first-order valence-corrected chi connectivity index (χ1v) is 7.30. The summed E-state index contributed by atoms with van der Waals surface area (Å²) in [5, 5.41) is 5.80. The summed E-state index contributed by atoms with van der Waals surface area (Å²) in [5.41, 5.74) is 0.524. The van der Waals surface area contributed by atoms with E-state index in [0.717, 1.165) is 16.6 Å². The fourth-order valence-corrected chi connectivity index (χ4v) is 2.08. The molecule has 0 spiro atoms. The molecule has 0 aliphatic rings. The van der Waals surface area contributed by atoms with Gasteiger partial charge in [-0.25, -0.2) is 0 Å². The number of hydrogen-bond donors (Lipinski definition) is 2. The maximum Gasteiger partial charge on any atom is 0.257 e. The second-order valence-corrected chi connectivity index (χ2v) is 5.07. The van der Waals surface area contributed by atoms with E-state index in [9.17, 15) is 4.79 Å². The first kappa shape index (κ1) is 15.9. The van der Waals surface area contributed by atoms with Gasteiger partial charge in [0.2, 0.25) is 0 Å². The average molecular weight is 345 g/mol. The second kappa shape index (κ2) is 8.12. The van der Waals surface area contributed by atoms with Crippen LogP contribution in [-0.2, 0) is 0 Å². The topological polar surface area (TPSA) is 50.4 Å². The molecule has 0 atom stereocenters. The number of carbonyl (C=O) groups is 1. The van der Waals surface area contributed by atoms with Crippen LogP contribution in [0, 0.1) is 0 Å². The van der Waals surface area contributed by atoms with Gasteiger partial charge in [0.05, 0.1) is 11.1 Å². The van der Waals surface area contributed by atoms with Crippen LogP contribution >= 0.6 is 28.1 Å². The van der Waals surface area contributed by atoms with Crippen molar-refractivity contribution in [3.8, 4) is 5.75 Å². The lowest BCUT2D eigenvalue weighted by Gasteiger charge is -2.10. The minimum absolute atomic E-state index is 0.242. The SMILES string of the molecule is CCCOc1ccc(C(=O)NC(=S)NCC)cc1Br. The van der Waals surface area contributed by atoms with Crippen molar-refractivity contribution >= 4 is 39.2 Å². The van der Waals surface area contributed by atoms with Gasteiger partial charge >= 0.3 is 0 Å². The Hall–Kier alpha value is -1.14. The zero-order chi connectivity index (χ0) is 14.3. The van der Waals surface area contributed by atoms with Crippen molar-refractivity contribution in [3.05, 3.63) is 28.2 Å². The molecule has 0 aliphatic heterocycles. The van der Waals surface area contributed by atoms with E-state index in [4.69, 9.17) is 17.0 Å². The summed E-state index contributed by atoms with van der Waals surface area (Å²) in [6, 6.07) is 5.19. The molecule has 4 nitrogen and oxygen atoms in total. The summed E-state index contributed by atoms with van der Waals surface area (Å²) in [6.07, 6.45) is 0.936. The second-order valence-electron chi connectivity index (χ2n) is 3.81. The zero-order valence-electron chi connectivity index (χ0n) is 11.0. The van der Waals surface area contributed by atoms with Crippen molar-refractivity contribution in [2.24, 2.45) is 0 Å². The number of thiocarbonyl (C=S) groups is 1. The number of ether oxygens (including phenoxy) is 1. The summed E-state index contributed by atoms with van der Waals surface area (Å²) < 4.78 is 6.28.